The molecule has 0 aromatic heterocycles. The maximum absolute atomic E-state index is 10.8. The van der Waals surface area contributed by atoms with Crippen LogP contribution >= 0.6 is 0 Å². The van der Waals surface area contributed by atoms with Gasteiger partial charge in [-0.3, -0.25) is 25.7 Å². The summed E-state index contributed by atoms with van der Waals surface area (Å²) < 4.78 is 0. The first-order valence-corrected chi connectivity index (χ1v) is 5.67. The molecule has 8 nitrogen and oxygen atoms in total. The zero-order valence-electron chi connectivity index (χ0n) is 10.6. The Labute approximate surface area is 109 Å². The molecule has 1 atom stereocenters. The molecule has 0 heterocycles. The van der Waals surface area contributed by atoms with E-state index in [0.717, 1.165) is 12.5 Å². The minimum absolute atomic E-state index is 0.121. The maximum atomic E-state index is 10.8. The Morgan fingerprint density at radius 2 is 2.05 bits per heavy atom. The van der Waals surface area contributed by atoms with Crippen LogP contribution in [0.3, 0.4) is 0 Å². The van der Waals surface area contributed by atoms with E-state index in [1.54, 1.807) is 6.21 Å². The van der Waals surface area contributed by atoms with Crippen LogP contribution in [-0.2, 0) is 0 Å². The van der Waals surface area contributed by atoms with Gasteiger partial charge in [0.05, 0.1) is 15.9 Å². The number of nitro groups is 2. The number of non-ortho nitro benzene ring substituents is 1. The van der Waals surface area contributed by atoms with Crippen molar-refractivity contribution < 1.29 is 9.85 Å². The molecule has 1 aromatic rings. The molecule has 8 heteroatoms. The predicted octanol–water partition coefficient (Wildman–Crippen LogP) is 2.95. The molecule has 0 bridgehead atoms. The molecule has 0 radical (unpaired) electrons. The molecule has 1 rings (SSSR count). The first-order chi connectivity index (χ1) is 8.95. The van der Waals surface area contributed by atoms with Gasteiger partial charge in [-0.25, -0.2) is 0 Å². The zero-order valence-corrected chi connectivity index (χ0v) is 10.6. The molecule has 102 valence electrons. The molecule has 0 aliphatic carbocycles. The topological polar surface area (TPSA) is 111 Å². The average molecular weight is 266 g/mol. The molecule has 19 heavy (non-hydrogen) atoms. The largest absolute Gasteiger partial charge is 0.301 e. The van der Waals surface area contributed by atoms with Gasteiger partial charge in [0.15, 0.2) is 0 Å². The molecule has 1 unspecified atom stereocenters. The van der Waals surface area contributed by atoms with Crippen LogP contribution in [0.15, 0.2) is 23.3 Å². The minimum atomic E-state index is -0.686. The van der Waals surface area contributed by atoms with Crippen LogP contribution in [0.5, 0.6) is 0 Å². The molecular formula is C11H14N4O4. The highest BCUT2D eigenvalue weighted by Crippen LogP contribution is 2.28. The fourth-order valence-electron chi connectivity index (χ4n) is 1.22. The lowest BCUT2D eigenvalue weighted by molar-refractivity contribution is -0.393. The lowest BCUT2D eigenvalue weighted by atomic mass is 10.1. The number of hydrazone groups is 1. The SMILES string of the molecule is CCC(C)/C=N/Nc1ccc([N+](=O)[O-])cc1[N+](=O)[O-]. The number of hydrogen-bond donors (Lipinski definition) is 1. The Morgan fingerprint density at radius 1 is 1.37 bits per heavy atom. The van der Waals surface area contributed by atoms with Crippen molar-refractivity contribution in [1.29, 1.82) is 0 Å². The van der Waals surface area contributed by atoms with Gasteiger partial charge in [0.25, 0.3) is 5.69 Å². The summed E-state index contributed by atoms with van der Waals surface area (Å²) in [6.45, 7) is 3.94. The van der Waals surface area contributed by atoms with Crippen molar-refractivity contribution in [2.45, 2.75) is 20.3 Å². The summed E-state index contributed by atoms with van der Waals surface area (Å²) in [6, 6.07) is 3.36. The van der Waals surface area contributed by atoms with Crippen molar-refractivity contribution in [3.8, 4) is 0 Å². The Balaban J connectivity index is 2.97. The number of rotatable bonds is 6. The Bertz CT molecular complexity index is 515. The first kappa shape index (κ1) is 14.6. The molecule has 0 aliphatic rings. The lowest BCUT2D eigenvalue weighted by Crippen LogP contribution is -2.00. The second kappa shape index (κ2) is 6.43. The van der Waals surface area contributed by atoms with E-state index < -0.39 is 9.85 Å². The normalized spacial score (nSPS) is 12.3. The van der Waals surface area contributed by atoms with E-state index in [4.69, 9.17) is 0 Å². The highest BCUT2D eigenvalue weighted by molar-refractivity contribution is 5.68. The van der Waals surface area contributed by atoms with Gasteiger partial charge in [0.1, 0.15) is 5.69 Å². The Hall–Kier alpha value is -2.51. The van der Waals surface area contributed by atoms with Crippen molar-refractivity contribution in [3.63, 3.8) is 0 Å². The third-order valence-electron chi connectivity index (χ3n) is 2.55. The molecular weight excluding hydrogens is 252 g/mol. The zero-order chi connectivity index (χ0) is 14.4. The Kier molecular flexibility index (Phi) is 4.92. The summed E-state index contributed by atoms with van der Waals surface area (Å²) in [5.41, 5.74) is 1.94. The fraction of sp³-hybridized carbons (Fsp3) is 0.364. The number of nitrogens with zero attached hydrogens (tertiary/aromatic N) is 3. The van der Waals surface area contributed by atoms with Gasteiger partial charge in [0.2, 0.25) is 0 Å². The van der Waals surface area contributed by atoms with Crippen LogP contribution < -0.4 is 5.43 Å². The van der Waals surface area contributed by atoms with Gasteiger partial charge in [-0.05, 0) is 18.4 Å². The van der Waals surface area contributed by atoms with Crippen LogP contribution in [-0.4, -0.2) is 16.1 Å². The molecule has 1 aromatic carbocycles. The van der Waals surface area contributed by atoms with Crippen LogP contribution in [0.25, 0.3) is 0 Å². The monoisotopic (exact) mass is 266 g/mol. The number of hydrogen-bond acceptors (Lipinski definition) is 6. The van der Waals surface area contributed by atoms with Crippen molar-refractivity contribution in [2.75, 3.05) is 5.43 Å². The highest BCUT2D eigenvalue weighted by atomic mass is 16.6. The van der Waals surface area contributed by atoms with Gasteiger partial charge in [-0.1, -0.05) is 13.8 Å². The lowest BCUT2D eigenvalue weighted by Gasteiger charge is -2.03. The van der Waals surface area contributed by atoms with Crippen molar-refractivity contribution in [3.05, 3.63) is 38.4 Å². The van der Waals surface area contributed by atoms with E-state index in [9.17, 15) is 20.2 Å². The van der Waals surface area contributed by atoms with Gasteiger partial charge in [-0.15, -0.1) is 0 Å². The summed E-state index contributed by atoms with van der Waals surface area (Å²) in [7, 11) is 0. The number of anilines is 1. The predicted molar refractivity (Wildman–Crippen MR) is 71.3 cm³/mol. The molecule has 0 fully saturated rings. The van der Waals surface area contributed by atoms with Crippen LogP contribution in [0, 0.1) is 26.1 Å². The first-order valence-electron chi connectivity index (χ1n) is 5.67. The molecule has 0 aliphatic heterocycles. The van der Waals surface area contributed by atoms with Gasteiger partial charge in [-0.2, -0.15) is 5.10 Å². The third-order valence-corrected chi connectivity index (χ3v) is 2.55. The quantitative estimate of drug-likeness (QED) is 0.483. The standard InChI is InChI=1S/C11H14N4O4/c1-3-8(2)7-12-13-10-5-4-9(14(16)17)6-11(10)15(18)19/h4-8,13H,3H2,1-2H3/b12-7+. The van der Waals surface area contributed by atoms with Crippen molar-refractivity contribution in [2.24, 2.45) is 11.0 Å². The van der Waals surface area contributed by atoms with E-state index in [2.05, 4.69) is 10.5 Å². The summed E-state index contributed by atoms with van der Waals surface area (Å²) in [5.74, 6) is 0.240. The van der Waals surface area contributed by atoms with E-state index in [0.29, 0.717) is 0 Å². The second-order valence-corrected chi connectivity index (χ2v) is 3.99. The maximum Gasteiger partial charge on any atom is 0.301 e. The minimum Gasteiger partial charge on any atom is -0.272 e. The van der Waals surface area contributed by atoms with E-state index in [-0.39, 0.29) is 23.0 Å². The molecule has 0 saturated heterocycles. The molecule has 0 saturated carbocycles. The van der Waals surface area contributed by atoms with Gasteiger partial charge >= 0.3 is 5.69 Å². The van der Waals surface area contributed by atoms with Crippen LogP contribution in [0.2, 0.25) is 0 Å². The van der Waals surface area contributed by atoms with E-state index in [1.807, 2.05) is 13.8 Å². The van der Waals surface area contributed by atoms with Gasteiger partial charge < -0.3 is 0 Å². The van der Waals surface area contributed by atoms with E-state index in [1.165, 1.54) is 12.1 Å². The molecule has 1 N–H and O–H groups in total. The smallest absolute Gasteiger partial charge is 0.272 e. The van der Waals surface area contributed by atoms with Crippen molar-refractivity contribution >= 4 is 23.3 Å². The third kappa shape index (κ3) is 4.02. The van der Waals surface area contributed by atoms with Crippen molar-refractivity contribution in [1.82, 2.24) is 0 Å². The van der Waals surface area contributed by atoms with Crippen LogP contribution in [0.1, 0.15) is 20.3 Å². The number of nitro benzene ring substituents is 2. The molecule has 0 spiro atoms. The van der Waals surface area contributed by atoms with Gasteiger partial charge in [0, 0.05) is 12.3 Å². The highest BCUT2D eigenvalue weighted by Gasteiger charge is 2.18. The Morgan fingerprint density at radius 3 is 2.58 bits per heavy atom. The summed E-state index contributed by atoms with van der Waals surface area (Å²) >= 11 is 0. The number of benzene rings is 1. The summed E-state index contributed by atoms with van der Waals surface area (Å²) in [6.07, 6.45) is 2.53. The second-order valence-electron chi connectivity index (χ2n) is 3.99. The molecule has 0 amide bonds. The van der Waals surface area contributed by atoms with E-state index >= 15 is 0 Å². The summed E-state index contributed by atoms with van der Waals surface area (Å²) in [4.78, 5) is 20.0. The number of nitrogens with one attached hydrogen (secondary N) is 1. The summed E-state index contributed by atoms with van der Waals surface area (Å²) in [5, 5.41) is 25.3. The fourth-order valence-corrected chi connectivity index (χ4v) is 1.22. The van der Waals surface area contributed by atoms with Crippen LogP contribution in [0.4, 0.5) is 17.1 Å². The average Bonchev–Trinajstić information content (AvgIpc) is 2.38.